The second-order valence-corrected chi connectivity index (χ2v) is 5.79. The van der Waals surface area contributed by atoms with Gasteiger partial charge in [-0.15, -0.1) is 0 Å². The third-order valence-electron chi connectivity index (χ3n) is 3.24. The summed E-state index contributed by atoms with van der Waals surface area (Å²) in [5.41, 5.74) is 2.03. The van der Waals surface area contributed by atoms with Crippen LogP contribution in [0.1, 0.15) is 5.56 Å². The number of methoxy groups -OCH3 is 1. The number of hydrogen-bond acceptors (Lipinski definition) is 4. The fourth-order valence-corrected chi connectivity index (χ4v) is 2.69. The highest BCUT2D eigenvalue weighted by Gasteiger charge is 2.06. The van der Waals surface area contributed by atoms with E-state index < -0.39 is 0 Å². The molecule has 3 aromatic rings. The van der Waals surface area contributed by atoms with Crippen LogP contribution in [0.3, 0.4) is 0 Å². The monoisotopic (exact) mass is 391 g/mol. The summed E-state index contributed by atoms with van der Waals surface area (Å²) < 4.78 is 6.53. The van der Waals surface area contributed by atoms with Crippen LogP contribution in [-0.2, 0) is 6.54 Å². The van der Waals surface area contributed by atoms with Gasteiger partial charge in [-0.2, -0.15) is 0 Å². The van der Waals surface area contributed by atoms with E-state index in [1.807, 2.05) is 36.4 Å². The second-order valence-electron chi connectivity index (χ2n) is 4.55. The van der Waals surface area contributed by atoms with Gasteiger partial charge in [0.15, 0.2) is 0 Å². The smallest absolute Gasteiger partial charge is 0.137 e. The number of nitrogens with one attached hydrogen (secondary N) is 1. The third-order valence-corrected chi connectivity index (χ3v) is 3.91. The van der Waals surface area contributed by atoms with E-state index >= 15 is 0 Å². The Hall–Kier alpha value is -1.89. The van der Waals surface area contributed by atoms with Crippen molar-refractivity contribution in [2.45, 2.75) is 6.54 Å². The molecule has 0 unspecified atom stereocenters. The van der Waals surface area contributed by atoms with E-state index in [-0.39, 0.29) is 0 Å². The van der Waals surface area contributed by atoms with E-state index in [4.69, 9.17) is 4.74 Å². The fraction of sp³-hybridized carbons (Fsp3) is 0.125. The molecule has 0 spiro atoms. The van der Waals surface area contributed by atoms with Gasteiger partial charge in [0, 0.05) is 21.1 Å². The van der Waals surface area contributed by atoms with Gasteiger partial charge in [0.05, 0.1) is 12.6 Å². The lowest BCUT2D eigenvalue weighted by Crippen LogP contribution is -2.04. The minimum absolute atomic E-state index is 0.654. The normalized spacial score (nSPS) is 10.6. The summed E-state index contributed by atoms with van der Waals surface area (Å²) >= 11 is 2.29. The molecule has 1 heterocycles. The van der Waals surface area contributed by atoms with Crippen LogP contribution in [0.4, 0.5) is 5.82 Å². The summed E-state index contributed by atoms with van der Waals surface area (Å²) in [5.74, 6) is 1.71. The largest absolute Gasteiger partial charge is 0.496 e. The predicted octanol–water partition coefficient (Wildman–Crippen LogP) is 3.86. The molecule has 0 saturated heterocycles. The van der Waals surface area contributed by atoms with Gasteiger partial charge in [-0.25, -0.2) is 9.97 Å². The van der Waals surface area contributed by atoms with Crippen molar-refractivity contribution in [1.29, 1.82) is 0 Å². The highest BCUT2D eigenvalue weighted by Crippen LogP contribution is 2.23. The van der Waals surface area contributed by atoms with Crippen LogP contribution in [0.2, 0.25) is 0 Å². The van der Waals surface area contributed by atoms with E-state index in [9.17, 15) is 0 Å². The highest BCUT2D eigenvalue weighted by atomic mass is 127. The number of nitrogens with zero attached hydrogens (tertiary/aromatic N) is 2. The molecule has 0 aliphatic rings. The van der Waals surface area contributed by atoms with Crippen molar-refractivity contribution in [1.82, 2.24) is 9.97 Å². The number of halogens is 1. The number of ether oxygens (including phenoxy) is 1. The zero-order valence-electron chi connectivity index (χ0n) is 11.5. The summed E-state index contributed by atoms with van der Waals surface area (Å²) in [6.45, 7) is 0.654. The highest BCUT2D eigenvalue weighted by molar-refractivity contribution is 14.1. The van der Waals surface area contributed by atoms with Gasteiger partial charge in [0.2, 0.25) is 0 Å². The molecule has 4 nitrogen and oxygen atoms in total. The summed E-state index contributed by atoms with van der Waals surface area (Å²) in [5, 5.41) is 4.40. The molecule has 21 heavy (non-hydrogen) atoms. The van der Waals surface area contributed by atoms with Crippen LogP contribution in [0.25, 0.3) is 10.9 Å². The number of benzene rings is 2. The topological polar surface area (TPSA) is 47.0 Å². The average Bonchev–Trinajstić information content (AvgIpc) is 2.53. The maximum Gasteiger partial charge on any atom is 0.137 e. The van der Waals surface area contributed by atoms with Crippen molar-refractivity contribution < 1.29 is 4.74 Å². The molecule has 0 amide bonds. The second kappa shape index (κ2) is 6.26. The molecule has 0 aliphatic carbocycles. The van der Waals surface area contributed by atoms with Gasteiger partial charge >= 0.3 is 0 Å². The van der Waals surface area contributed by atoms with E-state index in [1.165, 1.54) is 0 Å². The van der Waals surface area contributed by atoms with E-state index in [0.717, 1.165) is 31.6 Å². The maximum absolute atomic E-state index is 5.37. The first-order valence-corrected chi connectivity index (χ1v) is 7.62. The number of hydrogen-bond donors (Lipinski definition) is 1. The van der Waals surface area contributed by atoms with Gasteiger partial charge in [-0.1, -0.05) is 18.2 Å². The van der Waals surface area contributed by atoms with Gasteiger partial charge in [-0.3, -0.25) is 0 Å². The molecule has 0 radical (unpaired) electrons. The lowest BCUT2D eigenvalue weighted by Gasteiger charge is -2.11. The minimum Gasteiger partial charge on any atom is -0.496 e. The van der Waals surface area contributed by atoms with E-state index in [0.29, 0.717) is 6.54 Å². The van der Waals surface area contributed by atoms with Crippen molar-refractivity contribution in [2.75, 3.05) is 12.4 Å². The van der Waals surface area contributed by atoms with Crippen molar-refractivity contribution in [3.8, 4) is 5.75 Å². The molecule has 3 rings (SSSR count). The molecule has 0 atom stereocenters. The number of aromatic nitrogens is 2. The van der Waals surface area contributed by atoms with Crippen LogP contribution in [0.15, 0.2) is 48.8 Å². The minimum atomic E-state index is 0.654. The Kier molecular flexibility index (Phi) is 4.19. The van der Waals surface area contributed by atoms with Gasteiger partial charge in [0.1, 0.15) is 17.9 Å². The lowest BCUT2D eigenvalue weighted by atomic mass is 10.2. The summed E-state index contributed by atoms with van der Waals surface area (Å²) in [4.78, 5) is 8.64. The van der Waals surface area contributed by atoms with Crippen molar-refractivity contribution in [3.05, 3.63) is 57.9 Å². The van der Waals surface area contributed by atoms with Crippen molar-refractivity contribution in [3.63, 3.8) is 0 Å². The Labute approximate surface area is 136 Å². The maximum atomic E-state index is 5.37. The number of para-hydroxylation sites is 1. The quantitative estimate of drug-likeness (QED) is 0.687. The molecule has 2 aromatic carbocycles. The molecule has 0 bridgehead atoms. The van der Waals surface area contributed by atoms with E-state index in [1.54, 1.807) is 13.4 Å². The SMILES string of the molecule is COc1ccccc1CNc1ncnc2ccc(I)cc12. The zero-order valence-corrected chi connectivity index (χ0v) is 13.7. The van der Waals surface area contributed by atoms with E-state index in [2.05, 4.69) is 43.9 Å². The van der Waals surface area contributed by atoms with Gasteiger partial charge in [0.25, 0.3) is 0 Å². The van der Waals surface area contributed by atoms with Crippen LogP contribution in [-0.4, -0.2) is 17.1 Å². The Morgan fingerprint density at radius 3 is 2.86 bits per heavy atom. The Morgan fingerprint density at radius 2 is 2.00 bits per heavy atom. The molecule has 0 saturated carbocycles. The van der Waals surface area contributed by atoms with Crippen molar-refractivity contribution in [2.24, 2.45) is 0 Å². The first kappa shape index (κ1) is 14.1. The zero-order chi connectivity index (χ0) is 14.7. The molecule has 0 aliphatic heterocycles. The first-order valence-electron chi connectivity index (χ1n) is 6.54. The third kappa shape index (κ3) is 3.07. The van der Waals surface area contributed by atoms with Gasteiger partial charge < -0.3 is 10.1 Å². The molecular formula is C16H14IN3O. The summed E-state index contributed by atoms with van der Waals surface area (Å²) in [7, 11) is 1.68. The van der Waals surface area contributed by atoms with Crippen LogP contribution in [0.5, 0.6) is 5.75 Å². The first-order chi connectivity index (χ1) is 10.3. The lowest BCUT2D eigenvalue weighted by molar-refractivity contribution is 0.410. The predicted molar refractivity (Wildman–Crippen MR) is 92.6 cm³/mol. The molecule has 106 valence electrons. The molecule has 5 heteroatoms. The molecule has 1 N–H and O–H groups in total. The summed E-state index contributed by atoms with van der Waals surface area (Å²) in [6.07, 6.45) is 1.58. The Bertz CT molecular complexity index is 776. The number of fused-ring (bicyclic) bond motifs is 1. The molecular weight excluding hydrogens is 377 g/mol. The van der Waals surface area contributed by atoms with Crippen LogP contribution >= 0.6 is 22.6 Å². The average molecular weight is 391 g/mol. The molecule has 0 fully saturated rings. The Balaban J connectivity index is 1.90. The van der Waals surface area contributed by atoms with Crippen LogP contribution in [0, 0.1) is 3.57 Å². The number of rotatable bonds is 4. The standard InChI is InChI=1S/C16H14IN3O/c1-21-15-5-3-2-4-11(15)9-18-16-13-8-12(17)6-7-14(13)19-10-20-16/h2-8,10H,9H2,1H3,(H,18,19,20). The van der Waals surface area contributed by atoms with Crippen molar-refractivity contribution >= 4 is 39.3 Å². The van der Waals surface area contributed by atoms with Gasteiger partial charge in [-0.05, 0) is 46.9 Å². The van der Waals surface area contributed by atoms with Crippen LogP contribution < -0.4 is 10.1 Å². The number of anilines is 1. The molecule has 1 aromatic heterocycles. The summed E-state index contributed by atoms with van der Waals surface area (Å²) in [6, 6.07) is 14.1. The Morgan fingerprint density at radius 1 is 1.14 bits per heavy atom. The fourth-order valence-electron chi connectivity index (χ4n) is 2.20.